The zero-order valence-electron chi connectivity index (χ0n) is 19.8. The molecule has 10 heteroatoms. The standard InChI is InChI=1S/C25H27N7O3/c1-15-9-11-27-20(13-15)31-24(33)18-7-5-17(6-8-18)21-22-23(26)29-14-19(32(22)16(2)30-21)25(34)28-10-4-12-35-3/h5-9,11,13-14H,4,10,12H2,1-3H3,(H2,26,29)(H,28,34)(H,27,31,33). The summed E-state index contributed by atoms with van der Waals surface area (Å²) in [6.07, 6.45) is 3.79. The SMILES string of the molecule is COCCCNC(=O)c1cnc(N)c2c(-c3ccc(C(=O)Nc4cc(C)ccn4)cc3)nc(C)n12. The minimum Gasteiger partial charge on any atom is -0.385 e. The number of methoxy groups -OCH3 is 1. The van der Waals surface area contributed by atoms with E-state index in [2.05, 4.69) is 25.6 Å². The fraction of sp³-hybridized carbons (Fsp3) is 0.240. The third kappa shape index (κ3) is 5.12. The van der Waals surface area contributed by atoms with Crippen molar-refractivity contribution in [2.75, 3.05) is 31.3 Å². The maximum absolute atomic E-state index is 12.8. The number of imidazole rings is 1. The van der Waals surface area contributed by atoms with E-state index in [1.807, 2.05) is 13.0 Å². The van der Waals surface area contributed by atoms with Crippen LogP contribution in [0.25, 0.3) is 16.8 Å². The average molecular weight is 474 g/mol. The molecule has 0 aliphatic heterocycles. The molecule has 0 aliphatic carbocycles. The lowest BCUT2D eigenvalue weighted by atomic mass is 10.1. The Balaban J connectivity index is 1.61. The van der Waals surface area contributed by atoms with Crippen molar-refractivity contribution in [1.82, 2.24) is 24.7 Å². The average Bonchev–Trinajstić information content (AvgIpc) is 3.20. The number of carbonyl (C=O) groups is 2. The molecule has 4 aromatic rings. The lowest BCUT2D eigenvalue weighted by Gasteiger charge is -2.10. The van der Waals surface area contributed by atoms with Gasteiger partial charge >= 0.3 is 0 Å². The first kappa shape index (κ1) is 23.8. The normalized spacial score (nSPS) is 10.9. The molecule has 0 spiro atoms. The van der Waals surface area contributed by atoms with Gasteiger partial charge in [0.05, 0.1) is 6.20 Å². The number of amides is 2. The summed E-state index contributed by atoms with van der Waals surface area (Å²) < 4.78 is 6.72. The van der Waals surface area contributed by atoms with Crippen LogP contribution in [0.1, 0.15) is 38.7 Å². The molecule has 4 N–H and O–H groups in total. The molecule has 0 radical (unpaired) electrons. The van der Waals surface area contributed by atoms with Gasteiger partial charge in [-0.15, -0.1) is 0 Å². The van der Waals surface area contributed by atoms with Gasteiger partial charge in [-0.3, -0.25) is 14.0 Å². The van der Waals surface area contributed by atoms with Gasteiger partial charge in [0.25, 0.3) is 11.8 Å². The van der Waals surface area contributed by atoms with Gasteiger partial charge in [0, 0.05) is 37.6 Å². The largest absolute Gasteiger partial charge is 0.385 e. The zero-order valence-corrected chi connectivity index (χ0v) is 19.8. The fourth-order valence-corrected chi connectivity index (χ4v) is 3.76. The van der Waals surface area contributed by atoms with E-state index in [1.54, 1.807) is 55.0 Å². The molecule has 0 aliphatic rings. The molecule has 4 rings (SSSR count). The number of rotatable bonds is 8. The minimum atomic E-state index is -0.276. The van der Waals surface area contributed by atoms with Gasteiger partial charge < -0.3 is 21.1 Å². The van der Waals surface area contributed by atoms with Gasteiger partial charge in [-0.05, 0) is 50.1 Å². The van der Waals surface area contributed by atoms with E-state index in [0.29, 0.717) is 53.7 Å². The van der Waals surface area contributed by atoms with Crippen molar-refractivity contribution >= 4 is 29.0 Å². The molecular weight excluding hydrogens is 446 g/mol. The van der Waals surface area contributed by atoms with E-state index in [-0.39, 0.29) is 17.6 Å². The molecule has 0 atom stereocenters. The number of benzene rings is 1. The maximum Gasteiger partial charge on any atom is 0.269 e. The molecule has 0 unspecified atom stereocenters. The summed E-state index contributed by atoms with van der Waals surface area (Å²) in [7, 11) is 1.62. The van der Waals surface area contributed by atoms with Crippen LogP contribution in [0.3, 0.4) is 0 Å². The number of nitrogen functional groups attached to an aromatic ring is 1. The summed E-state index contributed by atoms with van der Waals surface area (Å²) in [6, 6.07) is 10.6. The molecule has 35 heavy (non-hydrogen) atoms. The molecule has 180 valence electrons. The molecule has 0 saturated carbocycles. The van der Waals surface area contributed by atoms with Gasteiger partial charge in [0.2, 0.25) is 0 Å². The number of ether oxygens (including phenoxy) is 1. The second-order valence-corrected chi connectivity index (χ2v) is 8.07. The highest BCUT2D eigenvalue weighted by Gasteiger charge is 2.20. The Hall–Kier alpha value is -4.31. The Kier molecular flexibility index (Phi) is 7.02. The summed E-state index contributed by atoms with van der Waals surface area (Å²) in [4.78, 5) is 38.5. The number of anilines is 2. The summed E-state index contributed by atoms with van der Waals surface area (Å²) in [5.74, 6) is 0.792. The molecule has 3 heterocycles. The molecule has 2 amide bonds. The number of pyridine rings is 1. The van der Waals surface area contributed by atoms with Gasteiger partial charge in [-0.2, -0.15) is 0 Å². The molecule has 0 saturated heterocycles. The van der Waals surface area contributed by atoms with Crippen LogP contribution in [-0.4, -0.2) is 51.4 Å². The smallest absolute Gasteiger partial charge is 0.269 e. The van der Waals surface area contributed by atoms with Crippen LogP contribution >= 0.6 is 0 Å². The Morgan fingerprint density at radius 1 is 1.09 bits per heavy atom. The van der Waals surface area contributed by atoms with Crippen LogP contribution in [-0.2, 0) is 4.74 Å². The number of nitrogens with zero attached hydrogens (tertiary/aromatic N) is 4. The first-order valence-electron chi connectivity index (χ1n) is 11.1. The van der Waals surface area contributed by atoms with E-state index >= 15 is 0 Å². The van der Waals surface area contributed by atoms with Crippen LogP contribution in [0.15, 0.2) is 48.8 Å². The number of aromatic nitrogens is 4. The Morgan fingerprint density at radius 2 is 1.86 bits per heavy atom. The molecule has 3 aromatic heterocycles. The summed E-state index contributed by atoms with van der Waals surface area (Å²) in [5.41, 5.74) is 9.87. The highest BCUT2D eigenvalue weighted by atomic mass is 16.5. The summed E-state index contributed by atoms with van der Waals surface area (Å²) in [5, 5.41) is 5.66. The second-order valence-electron chi connectivity index (χ2n) is 8.07. The molecule has 0 bridgehead atoms. The molecule has 10 nitrogen and oxygen atoms in total. The van der Waals surface area contributed by atoms with Gasteiger partial charge in [-0.25, -0.2) is 15.0 Å². The number of aryl methyl sites for hydroxylation is 2. The van der Waals surface area contributed by atoms with E-state index in [1.165, 1.54) is 6.20 Å². The van der Waals surface area contributed by atoms with Crippen LogP contribution in [0.5, 0.6) is 0 Å². The van der Waals surface area contributed by atoms with Crippen molar-refractivity contribution in [2.45, 2.75) is 20.3 Å². The summed E-state index contributed by atoms with van der Waals surface area (Å²) >= 11 is 0. The van der Waals surface area contributed by atoms with Crippen LogP contribution in [0.4, 0.5) is 11.6 Å². The predicted molar refractivity (Wildman–Crippen MR) is 133 cm³/mol. The molecular formula is C25H27N7O3. The number of hydrogen-bond acceptors (Lipinski definition) is 7. The van der Waals surface area contributed by atoms with Gasteiger partial charge in [0.1, 0.15) is 34.4 Å². The third-order valence-corrected chi connectivity index (χ3v) is 5.48. The monoisotopic (exact) mass is 473 g/mol. The Morgan fingerprint density at radius 3 is 2.57 bits per heavy atom. The van der Waals surface area contributed by atoms with E-state index < -0.39 is 0 Å². The van der Waals surface area contributed by atoms with E-state index in [4.69, 9.17) is 10.5 Å². The van der Waals surface area contributed by atoms with Crippen molar-refractivity contribution in [1.29, 1.82) is 0 Å². The van der Waals surface area contributed by atoms with Crippen molar-refractivity contribution < 1.29 is 14.3 Å². The zero-order chi connectivity index (χ0) is 24.9. The minimum absolute atomic E-state index is 0.254. The Bertz CT molecular complexity index is 1380. The molecule has 1 aromatic carbocycles. The quantitative estimate of drug-likeness (QED) is 0.335. The first-order valence-corrected chi connectivity index (χ1v) is 11.1. The number of hydrogen-bond donors (Lipinski definition) is 3. The lowest BCUT2D eigenvalue weighted by Crippen LogP contribution is -2.27. The predicted octanol–water partition coefficient (Wildman–Crippen LogP) is 3.01. The van der Waals surface area contributed by atoms with Crippen molar-refractivity contribution in [3.8, 4) is 11.3 Å². The van der Waals surface area contributed by atoms with Crippen LogP contribution in [0.2, 0.25) is 0 Å². The van der Waals surface area contributed by atoms with Gasteiger partial charge in [-0.1, -0.05) is 12.1 Å². The Labute approximate surface area is 202 Å². The first-order chi connectivity index (χ1) is 16.9. The number of nitrogens with one attached hydrogen (secondary N) is 2. The second kappa shape index (κ2) is 10.3. The maximum atomic E-state index is 12.8. The summed E-state index contributed by atoms with van der Waals surface area (Å²) in [6.45, 7) is 4.76. The number of carbonyl (C=O) groups excluding carboxylic acids is 2. The fourth-order valence-electron chi connectivity index (χ4n) is 3.76. The highest BCUT2D eigenvalue weighted by Crippen LogP contribution is 2.29. The molecule has 0 fully saturated rings. The van der Waals surface area contributed by atoms with Crippen LogP contribution in [0, 0.1) is 13.8 Å². The number of fused-ring (bicyclic) bond motifs is 1. The van der Waals surface area contributed by atoms with Crippen molar-refractivity contribution in [3.05, 3.63) is 71.4 Å². The van der Waals surface area contributed by atoms with Crippen LogP contribution < -0.4 is 16.4 Å². The van der Waals surface area contributed by atoms with E-state index in [9.17, 15) is 9.59 Å². The van der Waals surface area contributed by atoms with Crippen molar-refractivity contribution in [2.24, 2.45) is 0 Å². The van der Waals surface area contributed by atoms with E-state index in [0.717, 1.165) is 11.1 Å². The third-order valence-electron chi connectivity index (χ3n) is 5.48. The number of nitrogens with two attached hydrogens (primary N) is 1. The topological polar surface area (TPSA) is 137 Å². The van der Waals surface area contributed by atoms with Crippen molar-refractivity contribution in [3.63, 3.8) is 0 Å². The lowest BCUT2D eigenvalue weighted by molar-refractivity contribution is 0.0941. The highest BCUT2D eigenvalue weighted by molar-refractivity contribution is 6.04. The van der Waals surface area contributed by atoms with Gasteiger partial charge in [0.15, 0.2) is 0 Å².